The van der Waals surface area contributed by atoms with Crippen LogP contribution in [0.4, 0.5) is 0 Å². The lowest BCUT2D eigenvalue weighted by atomic mass is 10.2. The van der Waals surface area contributed by atoms with Gasteiger partial charge in [-0.2, -0.15) is 0 Å². The number of thiazole rings is 1. The van der Waals surface area contributed by atoms with E-state index >= 15 is 0 Å². The third kappa shape index (κ3) is 3.88. The molecule has 2 rings (SSSR count). The van der Waals surface area contributed by atoms with Gasteiger partial charge in [0.1, 0.15) is 0 Å². The molecule has 0 aliphatic heterocycles. The van der Waals surface area contributed by atoms with Crippen LogP contribution in [0, 0.1) is 18.8 Å². The highest BCUT2D eigenvalue weighted by Crippen LogP contribution is 2.15. The van der Waals surface area contributed by atoms with Crippen molar-refractivity contribution in [1.82, 2.24) is 14.9 Å². The van der Waals surface area contributed by atoms with Crippen molar-refractivity contribution in [2.75, 3.05) is 13.6 Å². The number of nitrogens with zero attached hydrogens (tertiary/aromatic N) is 3. The van der Waals surface area contributed by atoms with Crippen molar-refractivity contribution in [3.63, 3.8) is 0 Å². The summed E-state index contributed by atoms with van der Waals surface area (Å²) in [6.45, 7) is 2.76. The maximum absolute atomic E-state index is 12.4. The molecule has 5 nitrogen and oxygen atoms in total. The zero-order valence-electron chi connectivity index (χ0n) is 12.0. The number of carbonyl (C=O) groups is 1. The van der Waals surface area contributed by atoms with Crippen molar-refractivity contribution in [2.45, 2.75) is 13.5 Å². The highest BCUT2D eigenvalue weighted by Gasteiger charge is 2.14. The summed E-state index contributed by atoms with van der Waals surface area (Å²) in [6.07, 6.45) is 3.17. The lowest BCUT2D eigenvalue weighted by Gasteiger charge is -2.16. The molecule has 0 bridgehead atoms. The van der Waals surface area contributed by atoms with Crippen LogP contribution < -0.4 is 5.73 Å². The second-order valence-electron chi connectivity index (χ2n) is 4.49. The molecular formula is C15H16N4OS. The first-order valence-corrected chi connectivity index (χ1v) is 7.28. The molecule has 2 heterocycles. The molecule has 6 heteroatoms. The van der Waals surface area contributed by atoms with Gasteiger partial charge in [0.2, 0.25) is 0 Å². The average Bonchev–Trinajstić information content (AvgIpc) is 2.90. The van der Waals surface area contributed by atoms with E-state index in [1.807, 2.05) is 6.92 Å². The first kappa shape index (κ1) is 15.2. The van der Waals surface area contributed by atoms with Crippen molar-refractivity contribution in [1.29, 1.82) is 0 Å². The molecule has 0 aliphatic carbocycles. The zero-order chi connectivity index (χ0) is 15.2. The Labute approximate surface area is 127 Å². The fraction of sp³-hybridized carbons (Fsp3) is 0.267. The van der Waals surface area contributed by atoms with Gasteiger partial charge in [0.15, 0.2) is 0 Å². The summed E-state index contributed by atoms with van der Waals surface area (Å²) in [4.78, 5) is 23.4. The van der Waals surface area contributed by atoms with E-state index in [9.17, 15) is 4.79 Å². The number of nitrogens with two attached hydrogens (primary N) is 1. The van der Waals surface area contributed by atoms with E-state index in [0.717, 1.165) is 10.6 Å². The number of carbonyl (C=O) groups excluding carboxylic acids is 1. The third-order valence-corrected chi connectivity index (χ3v) is 3.81. The second kappa shape index (κ2) is 6.97. The standard InChI is InChI=1S/C15H16N4OS/c1-11-14(21-10-18-11)9-19(2)15(20)13-6-12(4-3-5-16)7-17-8-13/h6-8,10H,5,9,16H2,1-2H3. The molecule has 0 aliphatic rings. The van der Waals surface area contributed by atoms with Crippen LogP contribution in [0.2, 0.25) is 0 Å². The SMILES string of the molecule is Cc1ncsc1CN(C)C(=O)c1cncc(C#CCN)c1. The van der Waals surface area contributed by atoms with Crippen molar-refractivity contribution < 1.29 is 4.79 Å². The number of aromatic nitrogens is 2. The Bertz CT molecular complexity index is 699. The molecule has 0 spiro atoms. The predicted octanol–water partition coefficient (Wildman–Crippen LogP) is 1.43. The van der Waals surface area contributed by atoms with Gasteiger partial charge in [-0.3, -0.25) is 9.78 Å². The van der Waals surface area contributed by atoms with Gasteiger partial charge in [-0.25, -0.2) is 4.98 Å². The van der Waals surface area contributed by atoms with Crippen LogP contribution in [0.5, 0.6) is 0 Å². The van der Waals surface area contributed by atoms with E-state index in [0.29, 0.717) is 17.7 Å². The molecule has 1 amide bonds. The summed E-state index contributed by atoms with van der Waals surface area (Å²) in [6, 6.07) is 1.73. The fourth-order valence-electron chi connectivity index (χ4n) is 1.76. The Morgan fingerprint density at radius 2 is 2.29 bits per heavy atom. The Hall–Kier alpha value is -2.23. The van der Waals surface area contributed by atoms with Gasteiger partial charge in [0, 0.05) is 29.9 Å². The van der Waals surface area contributed by atoms with Gasteiger partial charge < -0.3 is 10.6 Å². The van der Waals surface area contributed by atoms with E-state index in [1.54, 1.807) is 47.3 Å². The van der Waals surface area contributed by atoms with Crippen LogP contribution in [0.1, 0.15) is 26.5 Å². The first-order valence-electron chi connectivity index (χ1n) is 6.40. The maximum Gasteiger partial charge on any atom is 0.255 e. The van der Waals surface area contributed by atoms with Gasteiger partial charge in [0.05, 0.1) is 29.9 Å². The molecule has 0 radical (unpaired) electrons. The number of pyridine rings is 1. The summed E-state index contributed by atoms with van der Waals surface area (Å²) in [7, 11) is 1.76. The Kier molecular flexibility index (Phi) is 5.04. The number of rotatable bonds is 3. The van der Waals surface area contributed by atoms with Gasteiger partial charge in [-0.05, 0) is 13.0 Å². The Morgan fingerprint density at radius 3 is 2.95 bits per heavy atom. The lowest BCUT2D eigenvalue weighted by Crippen LogP contribution is -2.26. The van der Waals surface area contributed by atoms with Crippen LogP contribution in [-0.2, 0) is 6.54 Å². The minimum absolute atomic E-state index is 0.0910. The average molecular weight is 300 g/mol. The maximum atomic E-state index is 12.4. The summed E-state index contributed by atoms with van der Waals surface area (Å²) >= 11 is 1.55. The molecule has 108 valence electrons. The van der Waals surface area contributed by atoms with E-state index in [-0.39, 0.29) is 12.5 Å². The second-order valence-corrected chi connectivity index (χ2v) is 5.43. The van der Waals surface area contributed by atoms with E-state index in [1.165, 1.54) is 0 Å². The quantitative estimate of drug-likeness (QED) is 0.870. The van der Waals surface area contributed by atoms with Crippen LogP contribution in [0.25, 0.3) is 0 Å². The molecule has 21 heavy (non-hydrogen) atoms. The van der Waals surface area contributed by atoms with Gasteiger partial charge in [0.25, 0.3) is 5.91 Å². The molecule has 0 saturated heterocycles. The summed E-state index contributed by atoms with van der Waals surface area (Å²) in [5, 5.41) is 0. The normalized spacial score (nSPS) is 9.86. The molecule has 2 aromatic heterocycles. The summed E-state index contributed by atoms with van der Waals surface area (Å²) in [5.74, 6) is 5.54. The highest BCUT2D eigenvalue weighted by atomic mass is 32.1. The minimum atomic E-state index is -0.0910. The number of hydrogen-bond donors (Lipinski definition) is 1. The van der Waals surface area contributed by atoms with Crippen molar-refractivity contribution in [2.24, 2.45) is 5.73 Å². The fourth-order valence-corrected chi connectivity index (χ4v) is 2.59. The van der Waals surface area contributed by atoms with Crippen LogP contribution in [0.3, 0.4) is 0 Å². The zero-order valence-corrected chi connectivity index (χ0v) is 12.8. The molecule has 0 fully saturated rings. The Balaban J connectivity index is 2.14. The molecular weight excluding hydrogens is 284 g/mol. The predicted molar refractivity (Wildman–Crippen MR) is 82.8 cm³/mol. The largest absolute Gasteiger partial charge is 0.336 e. The lowest BCUT2D eigenvalue weighted by molar-refractivity contribution is 0.0786. The van der Waals surface area contributed by atoms with Gasteiger partial charge in [-0.15, -0.1) is 11.3 Å². The Morgan fingerprint density at radius 1 is 1.48 bits per heavy atom. The molecule has 2 aromatic rings. The number of aryl methyl sites for hydroxylation is 1. The highest BCUT2D eigenvalue weighted by molar-refractivity contribution is 7.09. The first-order chi connectivity index (χ1) is 10.1. The molecule has 0 aromatic carbocycles. The van der Waals surface area contributed by atoms with E-state index in [4.69, 9.17) is 5.73 Å². The van der Waals surface area contributed by atoms with Crippen LogP contribution in [-0.4, -0.2) is 34.4 Å². The van der Waals surface area contributed by atoms with E-state index < -0.39 is 0 Å². The minimum Gasteiger partial charge on any atom is -0.336 e. The topological polar surface area (TPSA) is 72.1 Å². The molecule has 0 atom stereocenters. The summed E-state index contributed by atoms with van der Waals surface area (Å²) < 4.78 is 0. The van der Waals surface area contributed by atoms with Crippen LogP contribution in [0.15, 0.2) is 24.0 Å². The monoisotopic (exact) mass is 300 g/mol. The molecule has 2 N–H and O–H groups in total. The summed E-state index contributed by atoms with van der Waals surface area (Å²) in [5.41, 5.74) is 9.29. The smallest absolute Gasteiger partial charge is 0.255 e. The van der Waals surface area contributed by atoms with Crippen molar-refractivity contribution in [3.8, 4) is 11.8 Å². The van der Waals surface area contributed by atoms with Crippen molar-refractivity contribution >= 4 is 17.2 Å². The van der Waals surface area contributed by atoms with E-state index in [2.05, 4.69) is 21.8 Å². The van der Waals surface area contributed by atoms with Crippen LogP contribution >= 0.6 is 11.3 Å². The van der Waals surface area contributed by atoms with Gasteiger partial charge >= 0.3 is 0 Å². The van der Waals surface area contributed by atoms with Crippen molar-refractivity contribution in [3.05, 3.63) is 45.7 Å². The number of hydrogen-bond acceptors (Lipinski definition) is 5. The molecule has 0 unspecified atom stereocenters. The van der Waals surface area contributed by atoms with Gasteiger partial charge in [-0.1, -0.05) is 11.8 Å². The number of amides is 1. The molecule has 0 saturated carbocycles. The third-order valence-electron chi connectivity index (χ3n) is 2.89.